The van der Waals surface area contributed by atoms with Gasteiger partial charge in [0.05, 0.1) is 30.6 Å². The summed E-state index contributed by atoms with van der Waals surface area (Å²) in [6.45, 7) is 5.13. The third kappa shape index (κ3) is 4.45. The molecule has 9 heteroatoms. The Kier molecular flexibility index (Phi) is 5.40. The summed E-state index contributed by atoms with van der Waals surface area (Å²) in [5, 5.41) is 2.09. The van der Waals surface area contributed by atoms with Crippen molar-refractivity contribution in [2.45, 2.75) is 32.9 Å². The highest BCUT2D eigenvalue weighted by Gasteiger charge is 2.40. The molecular formula is C20H21N3O6. The van der Waals surface area contributed by atoms with Crippen LogP contribution in [0.2, 0.25) is 0 Å². The van der Waals surface area contributed by atoms with Crippen molar-refractivity contribution in [3.05, 3.63) is 53.9 Å². The smallest absolute Gasteiger partial charge is 0.439 e. The number of hydrogen-bond donors (Lipinski definition) is 0. The van der Waals surface area contributed by atoms with Crippen molar-refractivity contribution in [2.24, 2.45) is 0 Å². The standard InChI is InChI=1S/C20H21N3O6/c1-20(2,3)29-18(25)22-12-15-16(10-13(11-21-15)17(24)27-4)23(22)19(26)28-14-8-6-5-7-9-14/h5-11H,12H2,1-4H3. The second kappa shape index (κ2) is 7.78. The number of methoxy groups -OCH3 is 1. The van der Waals surface area contributed by atoms with Crippen LogP contribution < -0.4 is 9.75 Å². The Labute approximate surface area is 167 Å². The number of hydrogen-bond acceptors (Lipinski definition) is 7. The van der Waals surface area contributed by atoms with Crippen molar-refractivity contribution in [1.29, 1.82) is 0 Å². The third-order valence-corrected chi connectivity index (χ3v) is 3.86. The highest BCUT2D eigenvalue weighted by molar-refractivity contribution is 5.96. The lowest BCUT2D eigenvalue weighted by molar-refractivity contribution is 0.0232. The number of fused-ring (bicyclic) bond motifs is 1. The van der Waals surface area contributed by atoms with Crippen LogP contribution in [0.5, 0.6) is 5.75 Å². The molecule has 0 radical (unpaired) electrons. The number of pyridine rings is 1. The number of ether oxygens (including phenoxy) is 3. The summed E-state index contributed by atoms with van der Waals surface area (Å²) in [7, 11) is 1.24. The molecule has 0 atom stereocenters. The van der Waals surface area contributed by atoms with Crippen LogP contribution in [-0.4, -0.2) is 40.9 Å². The molecule has 0 fully saturated rings. The van der Waals surface area contributed by atoms with Gasteiger partial charge in [-0.2, -0.15) is 5.01 Å². The summed E-state index contributed by atoms with van der Waals surface area (Å²) >= 11 is 0. The number of benzene rings is 1. The summed E-state index contributed by atoms with van der Waals surface area (Å²) in [4.78, 5) is 41.7. The second-order valence-corrected chi connectivity index (χ2v) is 7.21. The van der Waals surface area contributed by atoms with Gasteiger partial charge in [-0.1, -0.05) is 18.2 Å². The topological polar surface area (TPSA) is 98.3 Å². The van der Waals surface area contributed by atoms with Crippen LogP contribution in [0.4, 0.5) is 15.3 Å². The van der Waals surface area contributed by atoms with Crippen LogP contribution >= 0.6 is 0 Å². The van der Waals surface area contributed by atoms with E-state index in [4.69, 9.17) is 14.2 Å². The van der Waals surface area contributed by atoms with Gasteiger partial charge in [-0.05, 0) is 39.0 Å². The van der Waals surface area contributed by atoms with Gasteiger partial charge < -0.3 is 14.2 Å². The molecule has 1 aliphatic rings. The molecule has 0 spiro atoms. The monoisotopic (exact) mass is 399 g/mol. The van der Waals surface area contributed by atoms with Crippen LogP contribution in [0.15, 0.2) is 42.6 Å². The fourth-order valence-corrected chi connectivity index (χ4v) is 2.65. The maximum atomic E-state index is 12.9. The van der Waals surface area contributed by atoms with Crippen LogP contribution in [0.25, 0.3) is 0 Å². The maximum absolute atomic E-state index is 12.9. The van der Waals surface area contributed by atoms with Gasteiger partial charge in [0.15, 0.2) is 0 Å². The molecule has 0 unspecified atom stereocenters. The lowest BCUT2D eigenvalue weighted by Crippen LogP contribution is -2.49. The molecule has 152 valence electrons. The summed E-state index contributed by atoms with van der Waals surface area (Å²) in [6, 6.07) is 9.84. The van der Waals surface area contributed by atoms with Gasteiger partial charge in [-0.3, -0.25) is 4.98 Å². The van der Waals surface area contributed by atoms with Crippen LogP contribution in [0.1, 0.15) is 36.8 Å². The van der Waals surface area contributed by atoms with Crippen LogP contribution in [0, 0.1) is 0 Å². The average Bonchev–Trinajstić information content (AvgIpc) is 3.06. The average molecular weight is 399 g/mol. The minimum absolute atomic E-state index is 0.0183. The zero-order valence-corrected chi connectivity index (χ0v) is 16.5. The van der Waals surface area contributed by atoms with Gasteiger partial charge in [-0.15, -0.1) is 0 Å². The Morgan fingerprint density at radius 1 is 1.07 bits per heavy atom. The largest absolute Gasteiger partial charge is 0.465 e. The number of nitrogens with zero attached hydrogens (tertiary/aromatic N) is 3. The molecule has 0 saturated carbocycles. The Bertz CT molecular complexity index is 939. The summed E-state index contributed by atoms with van der Waals surface area (Å²) in [6.07, 6.45) is -0.269. The number of esters is 1. The molecule has 0 N–H and O–H groups in total. The Morgan fingerprint density at radius 2 is 1.76 bits per heavy atom. The predicted molar refractivity (Wildman–Crippen MR) is 102 cm³/mol. The van der Waals surface area contributed by atoms with E-state index < -0.39 is 23.8 Å². The van der Waals surface area contributed by atoms with Crippen molar-refractivity contribution in [2.75, 3.05) is 12.1 Å². The SMILES string of the molecule is COC(=O)c1cnc2c(c1)N(C(=O)Oc1ccccc1)N(C(=O)OC(C)(C)C)C2. The van der Waals surface area contributed by atoms with Gasteiger partial charge in [0.25, 0.3) is 0 Å². The number of anilines is 1. The fraction of sp³-hybridized carbons (Fsp3) is 0.300. The molecule has 2 heterocycles. The maximum Gasteiger partial charge on any atom is 0.439 e. The zero-order valence-electron chi connectivity index (χ0n) is 16.5. The molecule has 2 aromatic rings. The molecule has 1 aliphatic heterocycles. The van der Waals surface area contributed by atoms with Crippen molar-refractivity contribution >= 4 is 23.8 Å². The lowest BCUT2D eigenvalue weighted by Gasteiger charge is -2.29. The van der Waals surface area contributed by atoms with Gasteiger partial charge in [0.2, 0.25) is 0 Å². The highest BCUT2D eigenvalue weighted by atomic mass is 16.6. The van der Waals surface area contributed by atoms with E-state index in [1.165, 1.54) is 19.4 Å². The van der Waals surface area contributed by atoms with E-state index in [-0.39, 0.29) is 17.8 Å². The summed E-state index contributed by atoms with van der Waals surface area (Å²) in [5.41, 5.74) is 0.00822. The number of carbonyl (C=O) groups is 3. The number of aromatic nitrogens is 1. The minimum Gasteiger partial charge on any atom is -0.465 e. The molecular weight excluding hydrogens is 378 g/mol. The number of amides is 2. The molecule has 1 aromatic heterocycles. The first-order valence-electron chi connectivity index (χ1n) is 8.84. The zero-order chi connectivity index (χ0) is 21.2. The fourth-order valence-electron chi connectivity index (χ4n) is 2.65. The normalized spacial score (nSPS) is 13.0. The van der Waals surface area contributed by atoms with E-state index in [0.29, 0.717) is 11.4 Å². The van der Waals surface area contributed by atoms with Gasteiger partial charge in [0.1, 0.15) is 11.4 Å². The molecule has 3 rings (SSSR count). The highest BCUT2D eigenvalue weighted by Crippen LogP contribution is 2.33. The molecule has 9 nitrogen and oxygen atoms in total. The first-order chi connectivity index (χ1) is 13.7. The summed E-state index contributed by atoms with van der Waals surface area (Å²) in [5.74, 6) is -0.320. The Morgan fingerprint density at radius 3 is 2.38 bits per heavy atom. The molecule has 0 bridgehead atoms. The second-order valence-electron chi connectivity index (χ2n) is 7.21. The van der Waals surface area contributed by atoms with Gasteiger partial charge >= 0.3 is 18.2 Å². The number of carbonyl (C=O) groups excluding carboxylic acids is 3. The number of hydrazine groups is 1. The molecule has 29 heavy (non-hydrogen) atoms. The van der Waals surface area contributed by atoms with Crippen LogP contribution in [0.3, 0.4) is 0 Å². The van der Waals surface area contributed by atoms with E-state index in [9.17, 15) is 14.4 Å². The first-order valence-corrected chi connectivity index (χ1v) is 8.84. The van der Waals surface area contributed by atoms with E-state index in [1.54, 1.807) is 51.1 Å². The predicted octanol–water partition coefficient (Wildman–Crippen LogP) is 3.54. The van der Waals surface area contributed by atoms with E-state index in [1.807, 2.05) is 0 Å². The van der Waals surface area contributed by atoms with Crippen LogP contribution in [-0.2, 0) is 16.0 Å². The third-order valence-electron chi connectivity index (χ3n) is 3.86. The van der Waals surface area contributed by atoms with Gasteiger partial charge in [0, 0.05) is 6.20 Å². The number of para-hydroxylation sites is 1. The molecule has 0 aliphatic carbocycles. The minimum atomic E-state index is -0.843. The molecule has 1 aromatic carbocycles. The van der Waals surface area contributed by atoms with Gasteiger partial charge in [-0.25, -0.2) is 19.4 Å². The van der Waals surface area contributed by atoms with E-state index in [0.717, 1.165) is 10.0 Å². The van der Waals surface area contributed by atoms with Crippen molar-refractivity contribution in [3.63, 3.8) is 0 Å². The van der Waals surface area contributed by atoms with E-state index >= 15 is 0 Å². The first kappa shape index (κ1) is 20.1. The summed E-state index contributed by atoms with van der Waals surface area (Å²) < 4.78 is 15.5. The van der Waals surface area contributed by atoms with Crippen molar-refractivity contribution in [1.82, 2.24) is 9.99 Å². The Hall–Kier alpha value is -3.62. The van der Waals surface area contributed by atoms with E-state index in [2.05, 4.69) is 4.98 Å². The quantitative estimate of drug-likeness (QED) is 0.712. The molecule has 2 amide bonds. The lowest BCUT2D eigenvalue weighted by atomic mass is 10.2. The molecule has 0 saturated heterocycles. The Balaban J connectivity index is 1.97. The number of rotatable bonds is 2. The van der Waals surface area contributed by atoms with Crippen molar-refractivity contribution in [3.8, 4) is 5.75 Å². The van der Waals surface area contributed by atoms with Crippen molar-refractivity contribution < 1.29 is 28.6 Å².